The molecule has 1 aromatic heterocycles. The van der Waals surface area contributed by atoms with Gasteiger partial charge in [-0.2, -0.15) is 5.10 Å². The van der Waals surface area contributed by atoms with Gasteiger partial charge in [-0.1, -0.05) is 57.8 Å². The van der Waals surface area contributed by atoms with E-state index in [1.165, 1.54) is 0 Å². The highest BCUT2D eigenvalue weighted by atomic mass is 35.5. The van der Waals surface area contributed by atoms with E-state index >= 15 is 0 Å². The zero-order valence-corrected chi connectivity index (χ0v) is 18.7. The first-order valence-corrected chi connectivity index (χ1v) is 10.6. The Hall–Kier alpha value is -2.79. The highest BCUT2D eigenvalue weighted by Gasteiger charge is 2.22. The van der Waals surface area contributed by atoms with Crippen LogP contribution >= 0.6 is 11.6 Å². The van der Waals surface area contributed by atoms with Crippen LogP contribution in [0.2, 0.25) is 5.02 Å². The van der Waals surface area contributed by atoms with Crippen LogP contribution in [-0.4, -0.2) is 22.3 Å². The molecule has 1 amide bonds. The second-order valence-electron chi connectivity index (χ2n) is 8.21. The van der Waals surface area contributed by atoms with Crippen molar-refractivity contribution in [3.63, 3.8) is 0 Å². The number of halogens is 1. The zero-order valence-electron chi connectivity index (χ0n) is 17.9. The van der Waals surface area contributed by atoms with E-state index in [2.05, 4.69) is 33.0 Å². The lowest BCUT2D eigenvalue weighted by Gasteiger charge is -2.14. The zero-order chi connectivity index (χ0) is 21.7. The van der Waals surface area contributed by atoms with Crippen LogP contribution in [0.4, 0.5) is 5.82 Å². The molecule has 1 N–H and O–H groups in total. The third-order valence-corrected chi connectivity index (χ3v) is 5.00. The van der Waals surface area contributed by atoms with Gasteiger partial charge in [0.25, 0.3) is 5.91 Å². The van der Waals surface area contributed by atoms with Gasteiger partial charge in [-0.25, -0.2) is 4.68 Å². The number of benzene rings is 2. The fourth-order valence-electron chi connectivity index (χ4n) is 2.87. The van der Waals surface area contributed by atoms with Crippen molar-refractivity contribution in [1.29, 1.82) is 0 Å². The Morgan fingerprint density at radius 1 is 1.13 bits per heavy atom. The van der Waals surface area contributed by atoms with Gasteiger partial charge in [0.1, 0.15) is 11.6 Å². The second kappa shape index (κ2) is 9.35. The molecule has 0 unspecified atom stereocenters. The first kappa shape index (κ1) is 21.9. The molecule has 0 bridgehead atoms. The molecule has 0 saturated heterocycles. The highest BCUT2D eigenvalue weighted by molar-refractivity contribution is 6.32. The Kier molecular flexibility index (Phi) is 6.83. The van der Waals surface area contributed by atoms with Crippen LogP contribution < -0.4 is 10.1 Å². The van der Waals surface area contributed by atoms with E-state index in [0.29, 0.717) is 28.7 Å². The monoisotopic (exact) mass is 425 g/mol. The molecule has 0 spiro atoms. The van der Waals surface area contributed by atoms with E-state index < -0.39 is 0 Å². The van der Waals surface area contributed by atoms with E-state index in [0.717, 1.165) is 24.3 Å². The lowest BCUT2D eigenvalue weighted by Crippen LogP contribution is -2.15. The average molecular weight is 426 g/mol. The molecule has 0 atom stereocenters. The summed E-state index contributed by atoms with van der Waals surface area (Å²) in [4.78, 5) is 12.9. The number of aromatic nitrogens is 2. The average Bonchev–Trinajstić information content (AvgIpc) is 3.13. The Bertz CT molecular complexity index is 1000. The second-order valence-corrected chi connectivity index (χ2v) is 8.62. The van der Waals surface area contributed by atoms with Crippen LogP contribution in [-0.2, 0) is 5.41 Å². The van der Waals surface area contributed by atoms with E-state index in [1.54, 1.807) is 22.9 Å². The van der Waals surface area contributed by atoms with Crippen molar-refractivity contribution in [2.24, 2.45) is 0 Å². The smallest absolute Gasteiger partial charge is 0.256 e. The summed E-state index contributed by atoms with van der Waals surface area (Å²) >= 11 is 6.39. The van der Waals surface area contributed by atoms with Crippen molar-refractivity contribution in [1.82, 2.24) is 9.78 Å². The number of nitrogens with one attached hydrogen (secondary N) is 1. The maximum Gasteiger partial charge on any atom is 0.256 e. The van der Waals surface area contributed by atoms with Crippen molar-refractivity contribution in [3.05, 3.63) is 70.9 Å². The first-order valence-electron chi connectivity index (χ1n) is 10.2. The molecule has 30 heavy (non-hydrogen) atoms. The third-order valence-electron chi connectivity index (χ3n) is 4.68. The van der Waals surface area contributed by atoms with Gasteiger partial charge >= 0.3 is 0 Å². The van der Waals surface area contributed by atoms with Gasteiger partial charge in [-0.15, -0.1) is 0 Å². The van der Waals surface area contributed by atoms with Crippen LogP contribution in [0, 0.1) is 0 Å². The summed E-state index contributed by atoms with van der Waals surface area (Å²) in [6.45, 7) is 9.03. The molecule has 0 saturated carbocycles. The summed E-state index contributed by atoms with van der Waals surface area (Å²) in [6.07, 6.45) is 2.08. The number of nitrogens with zero attached hydrogens (tertiary/aromatic N) is 2. The van der Waals surface area contributed by atoms with Crippen LogP contribution in [0.3, 0.4) is 0 Å². The summed E-state index contributed by atoms with van der Waals surface area (Å²) in [5.74, 6) is 1.11. The summed E-state index contributed by atoms with van der Waals surface area (Å²) in [5.41, 5.74) is 1.94. The minimum Gasteiger partial charge on any atom is -0.494 e. The lowest BCUT2D eigenvalue weighted by molar-refractivity contribution is 0.102. The molecule has 6 heteroatoms. The predicted molar refractivity (Wildman–Crippen MR) is 122 cm³/mol. The summed E-state index contributed by atoms with van der Waals surface area (Å²) in [6, 6.07) is 16.5. The Morgan fingerprint density at radius 3 is 2.47 bits per heavy atom. The lowest BCUT2D eigenvalue weighted by atomic mass is 9.92. The number of anilines is 1. The molecule has 2 aromatic carbocycles. The molecule has 0 aliphatic heterocycles. The number of hydrogen-bond acceptors (Lipinski definition) is 3. The maximum absolute atomic E-state index is 12.9. The SMILES string of the molecule is CCCCOc1ccc(C(=O)Nc2cc(C(C)(C)C)nn2-c2ccccc2Cl)cc1. The van der Waals surface area contributed by atoms with E-state index in [1.807, 2.05) is 36.4 Å². The Balaban J connectivity index is 1.85. The predicted octanol–water partition coefficient (Wildman–Crippen LogP) is 6.25. The van der Waals surface area contributed by atoms with Gasteiger partial charge in [0.15, 0.2) is 0 Å². The number of ether oxygens (including phenoxy) is 1. The van der Waals surface area contributed by atoms with Gasteiger partial charge in [-0.05, 0) is 42.8 Å². The van der Waals surface area contributed by atoms with E-state index in [-0.39, 0.29) is 11.3 Å². The fourth-order valence-corrected chi connectivity index (χ4v) is 3.08. The summed E-state index contributed by atoms with van der Waals surface area (Å²) in [5, 5.41) is 8.25. The van der Waals surface area contributed by atoms with Crippen molar-refractivity contribution in [2.45, 2.75) is 46.0 Å². The normalized spacial score (nSPS) is 11.4. The summed E-state index contributed by atoms with van der Waals surface area (Å²) in [7, 11) is 0. The number of unbranched alkanes of at least 4 members (excludes halogenated alkanes) is 1. The van der Waals surface area contributed by atoms with Crippen LogP contribution in [0.25, 0.3) is 5.69 Å². The number of hydrogen-bond donors (Lipinski definition) is 1. The standard InChI is InChI=1S/C24H28ClN3O2/c1-5-6-15-30-18-13-11-17(12-14-18)23(29)26-22-16-21(24(2,3)4)27-28(22)20-10-8-7-9-19(20)25/h7-14,16H,5-6,15H2,1-4H3,(H,26,29). The molecule has 0 radical (unpaired) electrons. The quantitative estimate of drug-likeness (QED) is 0.455. The van der Waals surface area contributed by atoms with Crippen molar-refractivity contribution < 1.29 is 9.53 Å². The van der Waals surface area contributed by atoms with Crippen LogP contribution in [0.1, 0.15) is 56.6 Å². The Labute approximate surface area is 183 Å². The number of amides is 1. The molecule has 0 aliphatic rings. The Morgan fingerprint density at radius 2 is 1.83 bits per heavy atom. The third kappa shape index (κ3) is 5.22. The van der Waals surface area contributed by atoms with Crippen molar-refractivity contribution >= 4 is 23.3 Å². The topological polar surface area (TPSA) is 56.1 Å². The van der Waals surface area contributed by atoms with Gasteiger partial charge in [0.2, 0.25) is 0 Å². The molecular formula is C24H28ClN3O2. The minimum atomic E-state index is -0.219. The highest BCUT2D eigenvalue weighted by Crippen LogP contribution is 2.29. The first-order chi connectivity index (χ1) is 14.3. The minimum absolute atomic E-state index is 0.177. The molecule has 3 aromatic rings. The van der Waals surface area contributed by atoms with Gasteiger partial charge in [0.05, 0.1) is 23.0 Å². The van der Waals surface area contributed by atoms with Gasteiger partial charge in [0, 0.05) is 17.0 Å². The fraction of sp³-hybridized carbons (Fsp3) is 0.333. The van der Waals surface area contributed by atoms with E-state index in [9.17, 15) is 4.79 Å². The molecule has 0 aliphatic carbocycles. The number of carbonyl (C=O) groups excluding carboxylic acids is 1. The molecule has 1 heterocycles. The van der Waals surface area contributed by atoms with E-state index in [4.69, 9.17) is 21.4 Å². The van der Waals surface area contributed by atoms with Crippen molar-refractivity contribution in [2.75, 3.05) is 11.9 Å². The van der Waals surface area contributed by atoms with Crippen LogP contribution in [0.15, 0.2) is 54.6 Å². The molecular weight excluding hydrogens is 398 g/mol. The van der Waals surface area contributed by atoms with Gasteiger partial charge in [-0.3, -0.25) is 4.79 Å². The summed E-state index contributed by atoms with van der Waals surface area (Å²) < 4.78 is 7.35. The van der Waals surface area contributed by atoms with Gasteiger partial charge < -0.3 is 10.1 Å². The molecule has 158 valence electrons. The van der Waals surface area contributed by atoms with Crippen LogP contribution in [0.5, 0.6) is 5.75 Å². The molecule has 3 rings (SSSR count). The number of rotatable bonds is 7. The number of para-hydroxylation sites is 1. The largest absolute Gasteiger partial charge is 0.494 e. The van der Waals surface area contributed by atoms with Crippen molar-refractivity contribution in [3.8, 4) is 11.4 Å². The maximum atomic E-state index is 12.9. The number of carbonyl (C=O) groups is 1. The molecule has 0 fully saturated rings. The molecule has 5 nitrogen and oxygen atoms in total.